The number of Topliss-reactive ketones (excluding diaryl/α,β-unsaturated/α-hetero) is 1. The summed E-state index contributed by atoms with van der Waals surface area (Å²) in [7, 11) is -1.21. The Balaban J connectivity index is 1.52. The summed E-state index contributed by atoms with van der Waals surface area (Å²) in [4.78, 5) is 40.5. The van der Waals surface area contributed by atoms with Gasteiger partial charge in [-0.1, -0.05) is 30.3 Å². The topological polar surface area (TPSA) is 96.1 Å². The number of anilines is 1. The third kappa shape index (κ3) is 4.31. The lowest BCUT2D eigenvalue weighted by molar-refractivity contribution is 0.0971. The molecule has 0 radical (unpaired) electrons. The van der Waals surface area contributed by atoms with E-state index in [0.29, 0.717) is 42.0 Å². The fourth-order valence-corrected chi connectivity index (χ4v) is 4.60. The number of rotatable bonds is 5. The maximum absolute atomic E-state index is 12.7. The number of aromatic amines is 1. The number of hydrogen-bond acceptors (Lipinski definition) is 4. The molecule has 3 aromatic rings. The second-order valence-corrected chi connectivity index (χ2v) is 8.59. The molecule has 1 aliphatic rings. The number of aromatic nitrogens is 1. The number of H-pyrrole nitrogens is 1. The summed E-state index contributed by atoms with van der Waals surface area (Å²) in [6, 6.07) is 17.6. The van der Waals surface area contributed by atoms with Crippen molar-refractivity contribution in [2.45, 2.75) is 29.9 Å². The van der Waals surface area contributed by atoms with Crippen molar-refractivity contribution in [1.29, 1.82) is 0 Å². The minimum absolute atomic E-state index is 0.0630. The lowest BCUT2D eigenvalue weighted by Crippen LogP contribution is -2.27. The molecular weight excluding hydrogens is 400 g/mol. The lowest BCUT2D eigenvalue weighted by atomic mass is 9.93. The van der Waals surface area contributed by atoms with Gasteiger partial charge in [0.25, 0.3) is 11.5 Å². The highest BCUT2D eigenvalue weighted by atomic mass is 32.2. The monoisotopic (exact) mass is 420 g/mol. The second kappa shape index (κ2) is 8.59. The van der Waals surface area contributed by atoms with Crippen molar-refractivity contribution < 1.29 is 13.8 Å². The number of pyridine rings is 1. The molecule has 1 aliphatic carbocycles. The fraction of sp³-hybridized carbons (Fsp3) is 0.174. The molecule has 1 atom stereocenters. The van der Waals surface area contributed by atoms with Gasteiger partial charge in [-0.15, -0.1) is 0 Å². The van der Waals surface area contributed by atoms with E-state index >= 15 is 0 Å². The predicted molar refractivity (Wildman–Crippen MR) is 115 cm³/mol. The number of nitrogens with one attached hydrogen (secondary N) is 2. The Bertz CT molecular complexity index is 1200. The van der Waals surface area contributed by atoms with Gasteiger partial charge in [-0.05, 0) is 48.7 Å². The van der Waals surface area contributed by atoms with Crippen LogP contribution in [-0.4, -0.2) is 20.9 Å². The summed E-state index contributed by atoms with van der Waals surface area (Å²) in [6.45, 7) is 0. The molecule has 0 saturated heterocycles. The Morgan fingerprint density at radius 2 is 1.80 bits per heavy atom. The second-order valence-electron chi connectivity index (χ2n) is 7.14. The molecule has 2 N–H and O–H groups in total. The average Bonchev–Trinajstić information content (AvgIpc) is 2.74. The van der Waals surface area contributed by atoms with E-state index in [-0.39, 0.29) is 11.3 Å². The first-order valence-corrected chi connectivity index (χ1v) is 11.0. The molecule has 7 heteroatoms. The minimum atomic E-state index is -1.21. The quantitative estimate of drug-likeness (QED) is 0.661. The van der Waals surface area contributed by atoms with Crippen LogP contribution in [0.1, 0.15) is 44.8 Å². The molecule has 30 heavy (non-hydrogen) atoms. The molecule has 4 rings (SSSR count). The standard InChI is InChI=1S/C23H20N2O4S/c26-21-11-5-10-20-18(21)13-19(23(28)25-20)22(27)24-16-7-4-6-15(12-16)14-30(29)17-8-2-1-3-9-17/h1-4,6-9,12-13H,5,10-11,14H2,(H,24,27)(H,25,28). The number of aryl methyl sites for hydroxylation is 1. The highest BCUT2D eigenvalue weighted by Crippen LogP contribution is 2.20. The molecule has 2 aromatic carbocycles. The van der Waals surface area contributed by atoms with E-state index in [4.69, 9.17) is 0 Å². The van der Waals surface area contributed by atoms with Crippen molar-refractivity contribution in [3.8, 4) is 0 Å². The normalized spacial score (nSPS) is 14.1. The Morgan fingerprint density at radius 3 is 2.60 bits per heavy atom. The summed E-state index contributed by atoms with van der Waals surface area (Å²) >= 11 is 0. The summed E-state index contributed by atoms with van der Waals surface area (Å²) in [5.41, 5.74) is 1.69. The van der Waals surface area contributed by atoms with E-state index in [9.17, 15) is 18.6 Å². The first-order valence-electron chi connectivity index (χ1n) is 9.64. The van der Waals surface area contributed by atoms with Crippen molar-refractivity contribution in [3.63, 3.8) is 0 Å². The Labute approximate surface area is 175 Å². The number of amides is 1. The molecule has 0 saturated carbocycles. The average molecular weight is 420 g/mol. The van der Waals surface area contributed by atoms with E-state index in [2.05, 4.69) is 10.3 Å². The maximum Gasteiger partial charge on any atom is 0.261 e. The molecule has 6 nitrogen and oxygen atoms in total. The van der Waals surface area contributed by atoms with Gasteiger partial charge in [-0.3, -0.25) is 18.6 Å². The smallest absolute Gasteiger partial charge is 0.261 e. The zero-order valence-corrected chi connectivity index (χ0v) is 17.0. The van der Waals surface area contributed by atoms with Crippen LogP contribution in [0.25, 0.3) is 0 Å². The molecule has 0 aliphatic heterocycles. The molecule has 0 spiro atoms. The van der Waals surface area contributed by atoms with Crippen molar-refractivity contribution >= 4 is 28.2 Å². The maximum atomic E-state index is 12.7. The summed E-state index contributed by atoms with van der Waals surface area (Å²) in [5, 5.41) is 2.70. The Kier molecular flexibility index (Phi) is 5.72. The highest BCUT2D eigenvalue weighted by Gasteiger charge is 2.22. The first kappa shape index (κ1) is 20.0. The van der Waals surface area contributed by atoms with Crippen LogP contribution in [-0.2, 0) is 23.0 Å². The van der Waals surface area contributed by atoms with Gasteiger partial charge in [-0.2, -0.15) is 0 Å². The highest BCUT2D eigenvalue weighted by molar-refractivity contribution is 7.84. The van der Waals surface area contributed by atoms with Gasteiger partial charge < -0.3 is 10.3 Å². The molecule has 0 fully saturated rings. The fourth-order valence-electron chi connectivity index (χ4n) is 3.49. The van der Waals surface area contributed by atoms with Crippen molar-refractivity contribution in [1.82, 2.24) is 4.98 Å². The zero-order valence-electron chi connectivity index (χ0n) is 16.1. The van der Waals surface area contributed by atoms with Crippen molar-refractivity contribution in [2.75, 3.05) is 5.32 Å². The summed E-state index contributed by atoms with van der Waals surface area (Å²) in [5.74, 6) is -0.340. The van der Waals surface area contributed by atoms with Crippen molar-refractivity contribution in [3.05, 3.63) is 93.4 Å². The minimum Gasteiger partial charge on any atom is -0.325 e. The lowest BCUT2D eigenvalue weighted by Gasteiger charge is -2.15. The van der Waals surface area contributed by atoms with Gasteiger partial charge in [-0.25, -0.2) is 0 Å². The molecule has 0 bridgehead atoms. The van der Waals surface area contributed by atoms with Crippen LogP contribution in [0.3, 0.4) is 0 Å². The van der Waals surface area contributed by atoms with Crippen LogP contribution in [0.4, 0.5) is 5.69 Å². The van der Waals surface area contributed by atoms with Crippen LogP contribution in [0.5, 0.6) is 0 Å². The van der Waals surface area contributed by atoms with Crippen LogP contribution in [0.15, 0.2) is 70.4 Å². The van der Waals surface area contributed by atoms with Crippen LogP contribution in [0, 0.1) is 0 Å². The van der Waals surface area contributed by atoms with Gasteiger partial charge in [0.1, 0.15) is 5.56 Å². The van der Waals surface area contributed by atoms with Crippen LogP contribution >= 0.6 is 0 Å². The molecular formula is C23H20N2O4S. The molecule has 152 valence electrons. The largest absolute Gasteiger partial charge is 0.325 e. The van der Waals surface area contributed by atoms with E-state index in [1.165, 1.54) is 6.07 Å². The third-order valence-electron chi connectivity index (χ3n) is 4.99. The number of fused-ring (bicyclic) bond motifs is 1. The van der Waals surface area contributed by atoms with Gasteiger partial charge >= 0.3 is 0 Å². The van der Waals surface area contributed by atoms with Gasteiger partial charge in [0.2, 0.25) is 0 Å². The Hall–Kier alpha value is -3.32. The first-order chi connectivity index (χ1) is 14.5. The summed E-state index contributed by atoms with van der Waals surface area (Å²) < 4.78 is 12.5. The molecule has 1 aromatic heterocycles. The number of carbonyl (C=O) groups excluding carboxylic acids is 2. The van der Waals surface area contributed by atoms with Crippen LogP contribution < -0.4 is 10.9 Å². The van der Waals surface area contributed by atoms with Crippen LogP contribution in [0.2, 0.25) is 0 Å². The van der Waals surface area contributed by atoms with Gasteiger partial charge in [0, 0.05) is 28.3 Å². The number of ketones is 1. The van der Waals surface area contributed by atoms with Crippen molar-refractivity contribution in [2.24, 2.45) is 0 Å². The van der Waals surface area contributed by atoms with Gasteiger partial charge in [0.15, 0.2) is 5.78 Å². The van der Waals surface area contributed by atoms with E-state index < -0.39 is 22.3 Å². The predicted octanol–water partition coefficient (Wildman–Crippen LogP) is 3.45. The van der Waals surface area contributed by atoms with E-state index in [1.54, 1.807) is 18.2 Å². The zero-order chi connectivity index (χ0) is 21.1. The summed E-state index contributed by atoms with van der Waals surface area (Å²) in [6.07, 6.45) is 1.74. The molecule has 1 amide bonds. The number of benzene rings is 2. The van der Waals surface area contributed by atoms with E-state index in [0.717, 1.165) is 10.5 Å². The number of carbonyl (C=O) groups is 2. The van der Waals surface area contributed by atoms with Gasteiger partial charge in [0.05, 0.1) is 16.6 Å². The third-order valence-corrected chi connectivity index (χ3v) is 6.38. The molecule has 1 unspecified atom stereocenters. The van der Waals surface area contributed by atoms with E-state index in [1.807, 2.05) is 36.4 Å². The Morgan fingerprint density at radius 1 is 1.00 bits per heavy atom. The number of hydrogen-bond donors (Lipinski definition) is 2. The SMILES string of the molecule is O=C1CCCc2[nH]c(=O)c(C(=O)Nc3cccc(CS(=O)c4ccccc4)c3)cc21. The molecule has 1 heterocycles.